The number of carbonyl (C=O) groups excluding carboxylic acids is 2. The van der Waals surface area contributed by atoms with Crippen molar-refractivity contribution in [2.45, 2.75) is 12.5 Å². The van der Waals surface area contributed by atoms with Gasteiger partial charge in [0.25, 0.3) is 0 Å². The molecule has 1 aliphatic rings. The van der Waals surface area contributed by atoms with Gasteiger partial charge in [-0.15, -0.1) is 0 Å². The third kappa shape index (κ3) is 3.98. The molecule has 0 saturated carbocycles. The van der Waals surface area contributed by atoms with Crippen LogP contribution in [-0.2, 0) is 9.59 Å². The van der Waals surface area contributed by atoms with Crippen molar-refractivity contribution >= 4 is 33.4 Å². The second-order valence-corrected chi connectivity index (χ2v) is 6.95. The van der Waals surface area contributed by atoms with Crippen LogP contribution in [0.2, 0.25) is 0 Å². The predicted octanol–water partition coefficient (Wildman–Crippen LogP) is 3.46. The number of nitrogens with zero attached hydrogens (tertiary/aromatic N) is 2. The van der Waals surface area contributed by atoms with Gasteiger partial charge in [-0.3, -0.25) is 9.59 Å². The molecule has 0 aromatic heterocycles. The van der Waals surface area contributed by atoms with Gasteiger partial charge in [0.1, 0.15) is 17.7 Å². The molecule has 3 rings (SSSR count). The summed E-state index contributed by atoms with van der Waals surface area (Å²) >= 11 is 3.38. The van der Waals surface area contributed by atoms with Crippen LogP contribution in [0.25, 0.3) is 0 Å². The Balaban J connectivity index is 1.74. The maximum Gasteiger partial charge on any atom is 0.227 e. The highest BCUT2D eigenvalue weighted by Crippen LogP contribution is 2.31. The normalized spacial score (nSPS) is 17.5. The monoisotopic (exact) mass is 433 g/mol. The van der Waals surface area contributed by atoms with Gasteiger partial charge in [0.2, 0.25) is 11.8 Å². The van der Waals surface area contributed by atoms with Crippen molar-refractivity contribution in [1.29, 1.82) is 5.26 Å². The molecule has 8 heteroatoms. The lowest BCUT2D eigenvalue weighted by Crippen LogP contribution is -2.35. The number of amides is 2. The molecule has 2 amide bonds. The summed E-state index contributed by atoms with van der Waals surface area (Å²) in [4.78, 5) is 26.3. The molecular weight excluding hydrogens is 420 g/mol. The fraction of sp³-hybridized carbons (Fsp3) is 0.211. The zero-order valence-corrected chi connectivity index (χ0v) is 15.5. The van der Waals surface area contributed by atoms with Crippen LogP contribution in [0.4, 0.5) is 14.5 Å². The average molecular weight is 434 g/mol. The molecule has 5 nitrogen and oxygen atoms in total. The molecule has 0 bridgehead atoms. The molecule has 2 unspecified atom stereocenters. The number of anilines is 1. The Bertz CT molecular complexity index is 945. The Hall–Kier alpha value is -2.79. The van der Waals surface area contributed by atoms with Gasteiger partial charge >= 0.3 is 0 Å². The van der Waals surface area contributed by atoms with Gasteiger partial charge < -0.3 is 10.2 Å². The van der Waals surface area contributed by atoms with Crippen LogP contribution in [0, 0.1) is 28.9 Å². The summed E-state index contributed by atoms with van der Waals surface area (Å²) in [5, 5.41) is 11.7. The third-order valence-electron chi connectivity index (χ3n) is 4.33. The van der Waals surface area contributed by atoms with Crippen molar-refractivity contribution in [2.75, 3.05) is 11.4 Å². The van der Waals surface area contributed by atoms with Crippen LogP contribution in [0.15, 0.2) is 46.9 Å². The number of nitrogens with one attached hydrogen (secondary N) is 1. The van der Waals surface area contributed by atoms with E-state index in [4.69, 9.17) is 0 Å². The second kappa shape index (κ2) is 7.84. The van der Waals surface area contributed by atoms with Crippen molar-refractivity contribution in [3.63, 3.8) is 0 Å². The largest absolute Gasteiger partial charge is 0.336 e. The van der Waals surface area contributed by atoms with Crippen LogP contribution < -0.4 is 10.2 Å². The highest BCUT2D eigenvalue weighted by molar-refractivity contribution is 9.10. The van der Waals surface area contributed by atoms with Crippen molar-refractivity contribution in [2.24, 2.45) is 5.92 Å². The van der Waals surface area contributed by atoms with Crippen molar-refractivity contribution < 1.29 is 18.4 Å². The van der Waals surface area contributed by atoms with Crippen molar-refractivity contribution in [3.05, 3.63) is 64.1 Å². The maximum absolute atomic E-state index is 13.9. The Morgan fingerprint density at radius 3 is 2.70 bits per heavy atom. The predicted molar refractivity (Wildman–Crippen MR) is 97.5 cm³/mol. The summed E-state index contributed by atoms with van der Waals surface area (Å²) in [5.41, 5.74) is 0.526. The van der Waals surface area contributed by atoms with E-state index in [1.54, 1.807) is 24.3 Å². The Morgan fingerprint density at radius 2 is 2.04 bits per heavy atom. The summed E-state index contributed by atoms with van der Waals surface area (Å²) in [6.45, 7) is 0.150. The lowest BCUT2D eigenvalue weighted by atomic mass is 10.0. The summed E-state index contributed by atoms with van der Waals surface area (Å²) in [6, 6.07) is 10.5. The highest BCUT2D eigenvalue weighted by atomic mass is 79.9. The van der Waals surface area contributed by atoms with Gasteiger partial charge in [-0.25, -0.2) is 8.78 Å². The van der Waals surface area contributed by atoms with E-state index in [2.05, 4.69) is 21.2 Å². The second-order valence-electron chi connectivity index (χ2n) is 6.09. The molecule has 27 heavy (non-hydrogen) atoms. The van der Waals surface area contributed by atoms with Gasteiger partial charge in [-0.1, -0.05) is 18.2 Å². The summed E-state index contributed by atoms with van der Waals surface area (Å²) in [6.07, 6.45) is -0.0167. The van der Waals surface area contributed by atoms with Crippen LogP contribution in [-0.4, -0.2) is 18.4 Å². The smallest absolute Gasteiger partial charge is 0.227 e. The van der Waals surface area contributed by atoms with Gasteiger partial charge in [0, 0.05) is 29.1 Å². The molecule has 2 aromatic carbocycles. The first-order valence-electron chi connectivity index (χ1n) is 8.10. The highest BCUT2D eigenvalue weighted by Gasteiger charge is 2.36. The molecule has 0 aliphatic carbocycles. The van der Waals surface area contributed by atoms with Gasteiger partial charge in [-0.2, -0.15) is 5.26 Å². The van der Waals surface area contributed by atoms with E-state index >= 15 is 0 Å². The lowest BCUT2D eigenvalue weighted by molar-refractivity contribution is -0.126. The molecule has 138 valence electrons. The number of hydrogen-bond donors (Lipinski definition) is 1. The Morgan fingerprint density at radius 1 is 1.30 bits per heavy atom. The lowest BCUT2D eigenvalue weighted by Gasteiger charge is -2.19. The number of hydrogen-bond acceptors (Lipinski definition) is 3. The fourth-order valence-corrected chi connectivity index (χ4v) is 3.46. The van der Waals surface area contributed by atoms with E-state index in [9.17, 15) is 23.6 Å². The number of rotatable bonds is 4. The third-order valence-corrected chi connectivity index (χ3v) is 5.00. The first kappa shape index (κ1) is 19.0. The minimum Gasteiger partial charge on any atom is -0.336 e. The molecule has 1 heterocycles. The summed E-state index contributed by atoms with van der Waals surface area (Å²) in [7, 11) is 0. The summed E-state index contributed by atoms with van der Waals surface area (Å²) in [5.74, 6) is -3.12. The average Bonchev–Trinajstić information content (AvgIpc) is 3.02. The van der Waals surface area contributed by atoms with E-state index in [0.717, 1.165) is 16.6 Å². The zero-order chi connectivity index (χ0) is 19.6. The van der Waals surface area contributed by atoms with E-state index < -0.39 is 29.5 Å². The number of para-hydroxylation sites is 1. The molecule has 2 atom stereocenters. The topological polar surface area (TPSA) is 73.2 Å². The standard InChI is InChI=1S/C19H14BrF2N3O2/c20-14-3-1-2-4-17(14)25-10-11(7-18(25)26)19(27)24-16(9-23)13-6-5-12(21)8-15(13)22/h1-6,8,11,16H,7,10H2,(H,24,27). The molecule has 1 saturated heterocycles. The molecule has 2 aromatic rings. The van der Waals surface area contributed by atoms with Crippen LogP contribution in [0.5, 0.6) is 0 Å². The van der Waals surface area contributed by atoms with E-state index in [1.165, 1.54) is 4.90 Å². The Labute approximate surface area is 162 Å². The van der Waals surface area contributed by atoms with Gasteiger partial charge in [-0.05, 0) is 34.1 Å². The molecule has 1 N–H and O–H groups in total. The SMILES string of the molecule is N#CC(NC(=O)C1CC(=O)N(c2ccccc2Br)C1)c1ccc(F)cc1F. The molecule has 0 radical (unpaired) electrons. The first-order valence-corrected chi connectivity index (χ1v) is 8.90. The van der Waals surface area contributed by atoms with E-state index in [0.29, 0.717) is 11.8 Å². The molecule has 1 aliphatic heterocycles. The minimum atomic E-state index is -1.27. The summed E-state index contributed by atoms with van der Waals surface area (Å²) < 4.78 is 27.7. The molecule has 1 fully saturated rings. The minimum absolute atomic E-state index is 0.0167. The number of nitriles is 1. The van der Waals surface area contributed by atoms with Crippen LogP contribution in [0.3, 0.4) is 0 Å². The van der Waals surface area contributed by atoms with Crippen molar-refractivity contribution in [3.8, 4) is 6.07 Å². The first-order chi connectivity index (χ1) is 12.9. The molecular formula is C19H14BrF2N3O2. The fourth-order valence-electron chi connectivity index (χ4n) is 2.96. The number of carbonyl (C=O) groups is 2. The van der Waals surface area contributed by atoms with E-state index in [-0.39, 0.29) is 24.4 Å². The van der Waals surface area contributed by atoms with E-state index in [1.807, 2.05) is 6.07 Å². The van der Waals surface area contributed by atoms with Gasteiger partial charge in [0.15, 0.2) is 0 Å². The quantitative estimate of drug-likeness (QED) is 0.801. The number of benzene rings is 2. The Kier molecular flexibility index (Phi) is 5.51. The van der Waals surface area contributed by atoms with Crippen molar-refractivity contribution in [1.82, 2.24) is 5.32 Å². The number of halogens is 3. The zero-order valence-electron chi connectivity index (χ0n) is 14.0. The van der Waals surface area contributed by atoms with Crippen LogP contribution in [0.1, 0.15) is 18.0 Å². The molecule has 0 spiro atoms. The van der Waals surface area contributed by atoms with Crippen LogP contribution >= 0.6 is 15.9 Å². The van der Waals surface area contributed by atoms with Gasteiger partial charge in [0.05, 0.1) is 17.7 Å². The maximum atomic E-state index is 13.9.